The first-order valence-corrected chi connectivity index (χ1v) is 6.02. The Morgan fingerprint density at radius 3 is 0.821 bits per heavy atom. The molecular weight excluding hydrogens is 448 g/mol. The minimum atomic E-state index is -5.22. The van der Waals surface area contributed by atoms with Crippen LogP contribution in [-0.4, -0.2) is 79.6 Å². The average molecular weight is 456 g/mol. The Hall–Kier alpha value is -1.24. The first kappa shape index (κ1) is 26.8. The van der Waals surface area contributed by atoms with Crippen molar-refractivity contribution in [3.8, 4) is 0 Å². The molecule has 0 aromatic rings. The van der Waals surface area contributed by atoms with E-state index < -0.39 is 69.4 Å². The van der Waals surface area contributed by atoms with Crippen LogP contribution in [0.25, 0.3) is 0 Å². The Balaban J connectivity index is 5.15. The van der Waals surface area contributed by atoms with Crippen LogP contribution in [0.5, 0.6) is 0 Å². The molecule has 0 amide bonds. The second kappa shape index (κ2) is 10.5. The topological polar surface area (TPSA) is 78.4 Å². The Morgan fingerprint density at radius 1 is 0.500 bits per heavy atom. The number of aliphatic hydroxyl groups is 2. The maximum Gasteiger partial charge on any atom is 0.410 e. The second-order valence-electron chi connectivity index (χ2n) is 4.30. The molecule has 2 atom stereocenters. The molecule has 28 heavy (non-hydrogen) atoms. The molecule has 0 aromatic carbocycles. The van der Waals surface area contributed by atoms with Gasteiger partial charge < -0.3 is 19.7 Å². The molecule has 0 rings (SSSR count). The van der Waals surface area contributed by atoms with E-state index in [1.165, 1.54) is 0 Å². The number of halogens is 12. The highest BCUT2D eigenvalue weighted by Crippen LogP contribution is 2.32. The molecule has 0 radical (unpaired) electrons. The molecule has 0 aliphatic rings. The lowest BCUT2D eigenvalue weighted by atomic mass is 10.2. The predicted molar refractivity (Wildman–Crippen MR) is 53.7 cm³/mol. The van der Waals surface area contributed by atoms with Gasteiger partial charge >= 0.3 is 11.9 Å². The van der Waals surface area contributed by atoms with E-state index in [0.29, 0.717) is 0 Å². The van der Waals surface area contributed by atoms with Gasteiger partial charge in [-0.2, -0.15) is 0 Å². The Kier molecular flexibility index (Phi) is 10.0. The predicted octanol–water partition coefficient (Wildman–Crippen LogP) is 1.39. The minimum Gasteiger partial charge on any atom is -0.388 e. The Morgan fingerprint density at radius 2 is 0.679 bits per heavy atom. The van der Waals surface area contributed by atoms with Crippen molar-refractivity contribution in [2.75, 3.05) is 13.2 Å². The summed E-state index contributed by atoms with van der Waals surface area (Å²) in [4.78, 5) is 0. The summed E-state index contributed by atoms with van der Waals surface area (Å²) >= 11 is 0. The Bertz CT molecular complexity index is 379. The van der Waals surface area contributed by atoms with Crippen LogP contribution in [0, 0.1) is 0 Å². The van der Waals surface area contributed by atoms with Gasteiger partial charge in [-0.1, -0.05) is 53.8 Å². The molecule has 2 N–H and O–H groups in total. The van der Waals surface area contributed by atoms with E-state index in [4.69, 9.17) is 0 Å². The van der Waals surface area contributed by atoms with Gasteiger partial charge in [0, 0.05) is 0 Å². The molecule has 0 bridgehead atoms. The van der Waals surface area contributed by atoms with Gasteiger partial charge in [0.2, 0.25) is 0 Å². The van der Waals surface area contributed by atoms with Crippen LogP contribution in [0.15, 0.2) is 0 Å². The number of ether oxygens (including phenoxy) is 2. The molecular formula is C6H8F12N6O4. The summed E-state index contributed by atoms with van der Waals surface area (Å²) in [6.45, 7) is -4.12. The molecule has 0 aromatic heterocycles. The quantitative estimate of drug-likeness (QED) is 0.241. The summed E-state index contributed by atoms with van der Waals surface area (Å²) in [7, 11) is 0. The van der Waals surface area contributed by atoms with Crippen LogP contribution in [0.1, 0.15) is 0 Å². The van der Waals surface area contributed by atoms with E-state index >= 15 is 0 Å². The number of rotatable bonds is 13. The fourth-order valence-electron chi connectivity index (χ4n) is 1.25. The van der Waals surface area contributed by atoms with Crippen LogP contribution in [0.4, 0.5) is 53.8 Å². The highest BCUT2D eigenvalue weighted by atomic mass is 19.4. The Labute approximate surface area is 144 Å². The van der Waals surface area contributed by atoms with E-state index in [9.17, 15) is 64.0 Å². The van der Waals surface area contributed by atoms with Gasteiger partial charge in [-0.25, -0.2) is 0 Å². The van der Waals surface area contributed by atoms with Crippen LogP contribution in [-0.2, 0) is 9.47 Å². The lowest BCUT2D eigenvalue weighted by Gasteiger charge is -2.33. The maximum atomic E-state index is 12.3. The van der Waals surface area contributed by atoms with E-state index in [1.54, 1.807) is 0 Å². The number of aliphatic hydroxyl groups excluding tert-OH is 2. The smallest absolute Gasteiger partial charge is 0.388 e. The van der Waals surface area contributed by atoms with Gasteiger partial charge in [0.1, 0.15) is 12.2 Å². The van der Waals surface area contributed by atoms with Gasteiger partial charge in [0.15, 0.2) is 0 Å². The highest BCUT2D eigenvalue weighted by molar-refractivity contribution is 4.70. The summed E-state index contributed by atoms with van der Waals surface area (Å²) in [5.41, 5.74) is 0. The monoisotopic (exact) mass is 456 g/mol. The summed E-state index contributed by atoms with van der Waals surface area (Å²) in [5.74, 6) is -10.4. The van der Waals surface area contributed by atoms with E-state index in [0.717, 1.165) is 0 Å². The molecule has 2 unspecified atom stereocenters. The first-order valence-electron chi connectivity index (χ1n) is 6.02. The molecule has 0 heterocycles. The molecule has 0 fully saturated rings. The van der Waals surface area contributed by atoms with Crippen molar-refractivity contribution in [1.29, 1.82) is 0 Å². The SMILES string of the molecule is OC(COC(N(F)F)(N(F)F)N(F)F)C(O)COC(N(F)F)(N(F)F)N(F)F. The fourth-order valence-corrected chi connectivity index (χ4v) is 1.25. The molecule has 0 saturated heterocycles. The van der Waals surface area contributed by atoms with Gasteiger partial charge in [0.05, 0.1) is 45.3 Å². The lowest BCUT2D eigenvalue weighted by molar-refractivity contribution is -0.558. The zero-order chi connectivity index (χ0) is 22.4. The summed E-state index contributed by atoms with van der Waals surface area (Å²) in [6, 6.07) is 0. The number of hydrogen-bond acceptors (Lipinski definition) is 10. The molecule has 10 nitrogen and oxygen atoms in total. The maximum absolute atomic E-state index is 12.3. The van der Waals surface area contributed by atoms with E-state index in [-0.39, 0.29) is 0 Å². The van der Waals surface area contributed by atoms with Crippen molar-refractivity contribution in [2.24, 2.45) is 0 Å². The van der Waals surface area contributed by atoms with Gasteiger partial charge in [0.25, 0.3) is 0 Å². The van der Waals surface area contributed by atoms with Crippen molar-refractivity contribution in [3.05, 3.63) is 0 Å². The minimum absolute atomic E-state index is 2.06. The van der Waals surface area contributed by atoms with Crippen molar-refractivity contribution in [2.45, 2.75) is 24.2 Å². The third-order valence-corrected chi connectivity index (χ3v) is 2.66. The second-order valence-corrected chi connectivity index (χ2v) is 4.30. The first-order chi connectivity index (χ1) is 12.7. The zero-order valence-corrected chi connectivity index (χ0v) is 12.5. The van der Waals surface area contributed by atoms with Crippen LogP contribution in [0.2, 0.25) is 0 Å². The molecule has 0 saturated carbocycles. The van der Waals surface area contributed by atoms with Gasteiger partial charge in [-0.05, 0) is 0 Å². The van der Waals surface area contributed by atoms with Crippen LogP contribution < -0.4 is 0 Å². The summed E-state index contributed by atoms with van der Waals surface area (Å²) in [6.07, 6.45) is -5.69. The standard InChI is InChI=1S/C6H8F12N6O4/c7-19(8)5(20(9)10,21(11)12)27-1-3(25)4(26)2-28-6(22(13)14,23(15)16)24(17)18/h3-4,25-26H,1-2H2. The molecule has 0 spiro atoms. The largest absolute Gasteiger partial charge is 0.410 e. The molecule has 0 aliphatic heterocycles. The van der Waals surface area contributed by atoms with Crippen LogP contribution >= 0.6 is 0 Å². The van der Waals surface area contributed by atoms with E-state index in [2.05, 4.69) is 9.47 Å². The highest BCUT2D eigenvalue weighted by Gasteiger charge is 2.59. The normalized spacial score (nSPS) is 16.3. The third-order valence-electron chi connectivity index (χ3n) is 2.66. The number of hydrogen-bond donors (Lipinski definition) is 2. The van der Waals surface area contributed by atoms with Gasteiger partial charge in [-0.3, -0.25) is 0 Å². The van der Waals surface area contributed by atoms with Crippen molar-refractivity contribution >= 4 is 0 Å². The molecule has 22 heteroatoms. The summed E-state index contributed by atoms with van der Waals surface area (Å²) < 4.78 is 154. The third kappa shape index (κ3) is 5.43. The lowest BCUT2D eigenvalue weighted by Crippen LogP contribution is -2.60. The molecule has 0 aliphatic carbocycles. The van der Waals surface area contributed by atoms with Crippen molar-refractivity contribution in [1.82, 2.24) is 32.1 Å². The van der Waals surface area contributed by atoms with Crippen molar-refractivity contribution < 1.29 is 73.5 Å². The van der Waals surface area contributed by atoms with E-state index in [1.807, 2.05) is 0 Å². The van der Waals surface area contributed by atoms with Crippen LogP contribution in [0.3, 0.4) is 0 Å². The van der Waals surface area contributed by atoms with Gasteiger partial charge in [-0.15, -0.1) is 0 Å². The average Bonchev–Trinajstić information content (AvgIpc) is 2.53. The fraction of sp³-hybridized carbons (Fsp3) is 1.00. The molecule has 170 valence electrons. The number of nitrogens with zero attached hydrogens (tertiary/aromatic N) is 6. The van der Waals surface area contributed by atoms with Crippen molar-refractivity contribution in [3.63, 3.8) is 0 Å². The summed E-state index contributed by atoms with van der Waals surface area (Å²) in [5, 5.41) is 0.999. The zero-order valence-electron chi connectivity index (χ0n) is 12.5.